The monoisotopic (exact) mass is 242 g/mol. The third kappa shape index (κ3) is 5.37. The average molecular weight is 242 g/mol. The van der Waals surface area contributed by atoms with Crippen LogP contribution in [0.4, 0.5) is 0 Å². The van der Waals surface area contributed by atoms with Gasteiger partial charge in [-0.05, 0) is 32.1 Å². The second kappa shape index (κ2) is 8.31. The lowest BCUT2D eigenvalue weighted by Gasteiger charge is -2.19. The van der Waals surface area contributed by atoms with Crippen LogP contribution < -0.4 is 16.6 Å². The van der Waals surface area contributed by atoms with E-state index in [2.05, 4.69) is 22.7 Å². The van der Waals surface area contributed by atoms with Gasteiger partial charge in [-0.3, -0.25) is 10.4 Å². The van der Waals surface area contributed by atoms with Crippen molar-refractivity contribution in [3.8, 4) is 0 Å². The van der Waals surface area contributed by atoms with Gasteiger partial charge in [-0.25, -0.2) is 5.84 Å². The number of guanidine groups is 1. The molecule has 0 spiro atoms. The number of ether oxygens (including phenoxy) is 1. The molecule has 0 bridgehead atoms. The third-order valence-corrected chi connectivity index (χ3v) is 3.24. The van der Waals surface area contributed by atoms with Crippen molar-refractivity contribution in [2.75, 3.05) is 19.8 Å². The molecule has 0 amide bonds. The molecule has 100 valence electrons. The minimum Gasteiger partial charge on any atom is -0.382 e. The topological polar surface area (TPSA) is 71.7 Å². The van der Waals surface area contributed by atoms with E-state index in [-0.39, 0.29) is 0 Å². The molecular weight excluding hydrogens is 216 g/mol. The van der Waals surface area contributed by atoms with E-state index in [0.29, 0.717) is 17.9 Å². The molecule has 2 unspecified atom stereocenters. The normalized spacial score (nSPS) is 25.0. The van der Waals surface area contributed by atoms with Crippen molar-refractivity contribution in [3.05, 3.63) is 0 Å². The highest BCUT2D eigenvalue weighted by Gasteiger charge is 2.23. The van der Waals surface area contributed by atoms with Crippen molar-refractivity contribution in [2.45, 2.75) is 45.6 Å². The maximum atomic E-state index is 5.46. The summed E-state index contributed by atoms with van der Waals surface area (Å²) in [5, 5.41) is 3.38. The number of hydrazine groups is 1. The summed E-state index contributed by atoms with van der Waals surface area (Å²) in [5.41, 5.74) is 2.64. The van der Waals surface area contributed by atoms with E-state index in [1.165, 1.54) is 19.3 Å². The molecule has 4 N–H and O–H groups in total. The molecule has 1 aliphatic carbocycles. The van der Waals surface area contributed by atoms with Gasteiger partial charge in [-0.15, -0.1) is 0 Å². The largest absolute Gasteiger partial charge is 0.382 e. The molecule has 17 heavy (non-hydrogen) atoms. The minimum atomic E-state index is 0.511. The van der Waals surface area contributed by atoms with Gasteiger partial charge in [0, 0.05) is 25.8 Å². The number of rotatable bonds is 6. The maximum Gasteiger partial charge on any atom is 0.205 e. The summed E-state index contributed by atoms with van der Waals surface area (Å²) in [6, 6.07) is 0.511. The van der Waals surface area contributed by atoms with Gasteiger partial charge in [0.15, 0.2) is 0 Å². The Balaban J connectivity index is 2.24. The van der Waals surface area contributed by atoms with E-state index in [9.17, 15) is 0 Å². The molecule has 1 saturated carbocycles. The van der Waals surface area contributed by atoms with Crippen LogP contribution in [-0.2, 0) is 4.74 Å². The molecule has 1 rings (SSSR count). The molecule has 0 radical (unpaired) electrons. The van der Waals surface area contributed by atoms with E-state index < -0.39 is 0 Å². The van der Waals surface area contributed by atoms with E-state index >= 15 is 0 Å². The molecule has 0 saturated heterocycles. The first kappa shape index (κ1) is 14.3. The van der Waals surface area contributed by atoms with Crippen LogP contribution in [0.15, 0.2) is 4.99 Å². The molecule has 0 aliphatic heterocycles. The molecular formula is C12H26N4O. The summed E-state index contributed by atoms with van der Waals surface area (Å²) in [6.07, 6.45) is 4.72. The Morgan fingerprint density at radius 3 is 2.88 bits per heavy atom. The molecule has 0 aromatic heterocycles. The fourth-order valence-electron chi connectivity index (χ4n) is 2.17. The highest BCUT2D eigenvalue weighted by Crippen LogP contribution is 2.24. The van der Waals surface area contributed by atoms with Crippen LogP contribution in [0.5, 0.6) is 0 Å². The maximum absolute atomic E-state index is 5.46. The standard InChI is InChI=1S/C12H26N4O/c1-3-17-9-5-8-14-12(16-13)15-11-7-4-6-10(11)2/h10-11H,3-9,13H2,1-2H3,(H2,14,15,16). The van der Waals surface area contributed by atoms with Gasteiger partial charge in [-0.1, -0.05) is 13.3 Å². The number of hydrogen-bond acceptors (Lipinski definition) is 3. The van der Waals surface area contributed by atoms with Gasteiger partial charge < -0.3 is 10.1 Å². The Morgan fingerprint density at radius 1 is 1.47 bits per heavy atom. The zero-order valence-electron chi connectivity index (χ0n) is 11.0. The van der Waals surface area contributed by atoms with Gasteiger partial charge in [0.1, 0.15) is 0 Å². The summed E-state index contributed by atoms with van der Waals surface area (Å²) in [5.74, 6) is 6.88. The number of nitrogens with one attached hydrogen (secondary N) is 2. The molecule has 0 aromatic carbocycles. The lowest BCUT2D eigenvalue weighted by atomic mass is 10.1. The zero-order chi connectivity index (χ0) is 12.5. The summed E-state index contributed by atoms with van der Waals surface area (Å²) in [4.78, 5) is 4.40. The van der Waals surface area contributed by atoms with E-state index in [1.54, 1.807) is 0 Å². The van der Waals surface area contributed by atoms with Gasteiger partial charge in [0.05, 0.1) is 0 Å². The second-order valence-corrected chi connectivity index (χ2v) is 4.58. The van der Waals surface area contributed by atoms with Crippen LogP contribution in [0.1, 0.15) is 39.5 Å². The number of nitrogens with zero attached hydrogens (tertiary/aromatic N) is 1. The van der Waals surface area contributed by atoms with Crippen molar-refractivity contribution in [3.63, 3.8) is 0 Å². The number of hydrogen-bond donors (Lipinski definition) is 3. The first-order valence-electron chi connectivity index (χ1n) is 6.63. The molecule has 0 heterocycles. The summed E-state index contributed by atoms with van der Waals surface area (Å²) < 4.78 is 5.26. The van der Waals surface area contributed by atoms with Gasteiger partial charge in [0.25, 0.3) is 0 Å². The summed E-state index contributed by atoms with van der Waals surface area (Å²) in [7, 11) is 0. The van der Waals surface area contributed by atoms with Crippen molar-refractivity contribution in [1.82, 2.24) is 10.7 Å². The van der Waals surface area contributed by atoms with Crippen molar-refractivity contribution >= 4 is 5.96 Å². The Kier molecular flexibility index (Phi) is 6.96. The quantitative estimate of drug-likeness (QED) is 0.214. The lowest BCUT2D eigenvalue weighted by molar-refractivity contribution is 0.146. The van der Waals surface area contributed by atoms with Crippen LogP contribution in [0.25, 0.3) is 0 Å². The summed E-state index contributed by atoms with van der Waals surface area (Å²) in [6.45, 7) is 6.54. The third-order valence-electron chi connectivity index (χ3n) is 3.24. The van der Waals surface area contributed by atoms with Crippen LogP contribution in [0.2, 0.25) is 0 Å². The second-order valence-electron chi connectivity index (χ2n) is 4.58. The molecule has 1 fully saturated rings. The first-order chi connectivity index (χ1) is 8.27. The van der Waals surface area contributed by atoms with E-state index in [1.807, 2.05) is 6.92 Å². The fraction of sp³-hybridized carbons (Fsp3) is 0.917. The van der Waals surface area contributed by atoms with Crippen molar-refractivity contribution in [1.29, 1.82) is 0 Å². The van der Waals surface area contributed by atoms with Crippen LogP contribution in [0.3, 0.4) is 0 Å². The first-order valence-corrected chi connectivity index (χ1v) is 6.63. The fourth-order valence-corrected chi connectivity index (χ4v) is 2.17. The van der Waals surface area contributed by atoms with Crippen molar-refractivity contribution < 1.29 is 4.74 Å². The van der Waals surface area contributed by atoms with Gasteiger partial charge in [-0.2, -0.15) is 0 Å². The molecule has 1 aliphatic rings. The average Bonchev–Trinajstić information content (AvgIpc) is 2.73. The Bertz CT molecular complexity index is 233. The molecule has 5 heteroatoms. The SMILES string of the molecule is CCOCCCN=C(NN)NC1CCCC1C. The highest BCUT2D eigenvalue weighted by atomic mass is 16.5. The predicted molar refractivity (Wildman–Crippen MR) is 70.7 cm³/mol. The van der Waals surface area contributed by atoms with Crippen LogP contribution in [-0.4, -0.2) is 31.8 Å². The zero-order valence-corrected chi connectivity index (χ0v) is 11.0. The molecule has 0 aromatic rings. The smallest absolute Gasteiger partial charge is 0.205 e. The predicted octanol–water partition coefficient (Wildman–Crippen LogP) is 1.01. The molecule has 2 atom stereocenters. The van der Waals surface area contributed by atoms with E-state index in [4.69, 9.17) is 10.6 Å². The van der Waals surface area contributed by atoms with E-state index in [0.717, 1.165) is 26.2 Å². The Morgan fingerprint density at radius 2 is 2.29 bits per heavy atom. The minimum absolute atomic E-state index is 0.511. The number of aliphatic imine (C=N–C) groups is 1. The van der Waals surface area contributed by atoms with Crippen LogP contribution in [0, 0.1) is 5.92 Å². The van der Waals surface area contributed by atoms with Crippen LogP contribution >= 0.6 is 0 Å². The highest BCUT2D eigenvalue weighted by molar-refractivity contribution is 5.79. The Hall–Kier alpha value is -0.810. The van der Waals surface area contributed by atoms with Crippen molar-refractivity contribution in [2.24, 2.45) is 16.8 Å². The van der Waals surface area contributed by atoms with Gasteiger partial charge >= 0.3 is 0 Å². The lowest BCUT2D eigenvalue weighted by Crippen LogP contribution is -2.47. The number of nitrogens with two attached hydrogens (primary N) is 1. The summed E-state index contributed by atoms with van der Waals surface area (Å²) >= 11 is 0. The van der Waals surface area contributed by atoms with Gasteiger partial charge in [0.2, 0.25) is 5.96 Å². The Labute approximate surface area is 104 Å². The molecule has 5 nitrogen and oxygen atoms in total.